The van der Waals surface area contributed by atoms with Gasteiger partial charge in [0.2, 0.25) is 0 Å². The number of oxime groups is 1. The van der Waals surface area contributed by atoms with Crippen LogP contribution in [0.4, 0.5) is 0 Å². The minimum Gasteiger partial charge on any atom is -0.465 e. The van der Waals surface area contributed by atoms with Crippen molar-refractivity contribution in [3.63, 3.8) is 0 Å². The molecule has 0 N–H and O–H groups in total. The fourth-order valence-corrected chi connectivity index (χ4v) is 2.26. The summed E-state index contributed by atoms with van der Waals surface area (Å²) in [6, 6.07) is 15.4. The molecule has 0 saturated carbocycles. The maximum Gasteiger partial charge on any atom is 0.337 e. The Hall–Kier alpha value is -2.62. The fraction of sp³-hybridized carbons (Fsp3) is 0.263. The van der Waals surface area contributed by atoms with Gasteiger partial charge in [-0.25, -0.2) is 4.79 Å². The van der Waals surface area contributed by atoms with Crippen LogP contribution in [0.15, 0.2) is 53.7 Å². The quantitative estimate of drug-likeness (QED) is 0.460. The van der Waals surface area contributed by atoms with E-state index in [9.17, 15) is 4.79 Å². The second-order valence-electron chi connectivity index (χ2n) is 5.44. The molecule has 0 aliphatic heterocycles. The predicted octanol–water partition coefficient (Wildman–Crippen LogP) is 4.61. The van der Waals surface area contributed by atoms with E-state index in [-0.39, 0.29) is 12.1 Å². The van der Waals surface area contributed by atoms with Crippen LogP contribution in [0.25, 0.3) is 11.1 Å². The molecule has 0 spiro atoms. The molecule has 0 fully saturated rings. The van der Waals surface area contributed by atoms with Gasteiger partial charge in [-0.15, -0.1) is 0 Å². The van der Waals surface area contributed by atoms with Crippen molar-refractivity contribution >= 4 is 11.7 Å². The topological polar surface area (TPSA) is 47.9 Å². The molecule has 2 aromatic rings. The Morgan fingerprint density at radius 3 is 2.30 bits per heavy atom. The molecule has 0 amide bonds. The van der Waals surface area contributed by atoms with Crippen LogP contribution in [0, 0.1) is 0 Å². The lowest BCUT2D eigenvalue weighted by molar-refractivity contribution is 0.0600. The lowest BCUT2D eigenvalue weighted by atomic mass is 9.96. The molecule has 4 nitrogen and oxygen atoms in total. The Labute approximate surface area is 136 Å². The first-order chi connectivity index (χ1) is 11.0. The van der Waals surface area contributed by atoms with Gasteiger partial charge in [0.05, 0.1) is 18.4 Å². The summed E-state index contributed by atoms with van der Waals surface area (Å²) in [5.74, 6) is -0.339. The summed E-state index contributed by atoms with van der Waals surface area (Å²) < 4.78 is 4.72. The highest BCUT2D eigenvalue weighted by molar-refractivity contribution is 5.90. The second-order valence-corrected chi connectivity index (χ2v) is 5.44. The molecule has 23 heavy (non-hydrogen) atoms. The van der Waals surface area contributed by atoms with E-state index >= 15 is 0 Å². The molecular weight excluding hydrogens is 290 g/mol. The average Bonchev–Trinajstić information content (AvgIpc) is 2.59. The molecule has 0 bridgehead atoms. The van der Waals surface area contributed by atoms with Crippen molar-refractivity contribution in [2.75, 3.05) is 7.11 Å². The third-order valence-corrected chi connectivity index (χ3v) is 3.41. The van der Waals surface area contributed by atoms with E-state index in [2.05, 4.69) is 5.16 Å². The van der Waals surface area contributed by atoms with Crippen LogP contribution in [0.3, 0.4) is 0 Å². The van der Waals surface area contributed by atoms with Gasteiger partial charge in [-0.1, -0.05) is 41.6 Å². The largest absolute Gasteiger partial charge is 0.465 e. The van der Waals surface area contributed by atoms with E-state index in [0.29, 0.717) is 5.56 Å². The molecule has 0 radical (unpaired) electrons. The Balaban J connectivity index is 2.33. The summed E-state index contributed by atoms with van der Waals surface area (Å²) in [6.45, 7) is 5.75. The van der Waals surface area contributed by atoms with E-state index in [1.807, 2.05) is 57.2 Å². The van der Waals surface area contributed by atoms with Crippen molar-refractivity contribution in [1.82, 2.24) is 0 Å². The van der Waals surface area contributed by atoms with Crippen molar-refractivity contribution in [2.24, 2.45) is 5.16 Å². The Bertz CT molecular complexity index is 701. The number of carbonyl (C=O) groups excluding carboxylic acids is 1. The number of nitrogens with zero attached hydrogens (tertiary/aromatic N) is 1. The van der Waals surface area contributed by atoms with Crippen LogP contribution in [-0.2, 0) is 9.57 Å². The SMILES string of the molecule is COC(=O)c1ccc(-c2ccccc2C(C)ON=C(C)C)cc1. The molecule has 0 aliphatic rings. The van der Waals surface area contributed by atoms with E-state index in [0.717, 1.165) is 22.4 Å². The van der Waals surface area contributed by atoms with E-state index in [4.69, 9.17) is 9.57 Å². The van der Waals surface area contributed by atoms with Crippen molar-refractivity contribution in [2.45, 2.75) is 26.9 Å². The lowest BCUT2D eigenvalue weighted by Gasteiger charge is -2.15. The Morgan fingerprint density at radius 1 is 1.04 bits per heavy atom. The summed E-state index contributed by atoms with van der Waals surface area (Å²) in [5, 5.41) is 4.04. The molecule has 1 unspecified atom stereocenters. The molecule has 0 saturated heterocycles. The highest BCUT2D eigenvalue weighted by atomic mass is 16.6. The molecule has 2 rings (SSSR count). The number of carbonyl (C=O) groups is 1. The van der Waals surface area contributed by atoms with Crippen LogP contribution in [0.1, 0.15) is 42.8 Å². The molecule has 2 aromatic carbocycles. The molecule has 120 valence electrons. The van der Waals surface area contributed by atoms with Crippen LogP contribution in [0.5, 0.6) is 0 Å². The van der Waals surface area contributed by atoms with Gasteiger partial charge in [-0.3, -0.25) is 0 Å². The van der Waals surface area contributed by atoms with Crippen LogP contribution in [-0.4, -0.2) is 18.8 Å². The minimum atomic E-state index is -0.339. The van der Waals surface area contributed by atoms with E-state index in [1.165, 1.54) is 7.11 Å². The molecule has 0 aromatic heterocycles. The normalized spacial score (nSPS) is 11.5. The molecule has 4 heteroatoms. The number of rotatable bonds is 5. The van der Waals surface area contributed by atoms with Gasteiger partial charge in [-0.05, 0) is 44.0 Å². The standard InChI is InChI=1S/C19H21NO3/c1-13(2)20-23-14(3)17-7-5-6-8-18(17)15-9-11-16(12-10-15)19(21)22-4/h5-12,14H,1-4H3. The summed E-state index contributed by atoms with van der Waals surface area (Å²) in [4.78, 5) is 17.1. The zero-order chi connectivity index (χ0) is 16.8. The van der Waals surface area contributed by atoms with Crippen molar-refractivity contribution in [3.05, 3.63) is 59.7 Å². The van der Waals surface area contributed by atoms with E-state index < -0.39 is 0 Å². The number of ether oxygens (including phenoxy) is 1. The van der Waals surface area contributed by atoms with Crippen LogP contribution < -0.4 is 0 Å². The maximum atomic E-state index is 11.5. The third-order valence-electron chi connectivity index (χ3n) is 3.41. The number of hydrogen-bond acceptors (Lipinski definition) is 4. The molecule has 0 heterocycles. The number of hydrogen-bond donors (Lipinski definition) is 0. The number of benzene rings is 2. The van der Waals surface area contributed by atoms with Crippen molar-refractivity contribution in [3.8, 4) is 11.1 Å². The number of esters is 1. The summed E-state index contributed by atoms with van der Waals surface area (Å²) in [7, 11) is 1.38. The first-order valence-electron chi connectivity index (χ1n) is 7.47. The first-order valence-corrected chi connectivity index (χ1v) is 7.47. The molecule has 1 atom stereocenters. The summed E-state index contributed by atoms with van der Waals surface area (Å²) in [6.07, 6.45) is -0.165. The van der Waals surface area contributed by atoms with Gasteiger partial charge in [0.1, 0.15) is 6.10 Å². The van der Waals surface area contributed by atoms with Gasteiger partial charge in [-0.2, -0.15) is 0 Å². The zero-order valence-electron chi connectivity index (χ0n) is 13.9. The highest BCUT2D eigenvalue weighted by Gasteiger charge is 2.13. The zero-order valence-corrected chi connectivity index (χ0v) is 13.9. The van der Waals surface area contributed by atoms with Crippen LogP contribution >= 0.6 is 0 Å². The average molecular weight is 311 g/mol. The van der Waals surface area contributed by atoms with Crippen LogP contribution in [0.2, 0.25) is 0 Å². The van der Waals surface area contributed by atoms with E-state index in [1.54, 1.807) is 12.1 Å². The molecule has 0 aliphatic carbocycles. The van der Waals surface area contributed by atoms with Crippen molar-refractivity contribution < 1.29 is 14.4 Å². The second kappa shape index (κ2) is 7.58. The minimum absolute atomic E-state index is 0.165. The summed E-state index contributed by atoms with van der Waals surface area (Å²) >= 11 is 0. The van der Waals surface area contributed by atoms with Crippen molar-refractivity contribution in [1.29, 1.82) is 0 Å². The smallest absolute Gasteiger partial charge is 0.337 e. The first kappa shape index (κ1) is 16.7. The fourth-order valence-electron chi connectivity index (χ4n) is 2.26. The number of methoxy groups -OCH3 is 1. The van der Waals surface area contributed by atoms with Gasteiger partial charge in [0, 0.05) is 5.56 Å². The molecular formula is C19H21NO3. The predicted molar refractivity (Wildman–Crippen MR) is 91.5 cm³/mol. The monoisotopic (exact) mass is 311 g/mol. The summed E-state index contributed by atoms with van der Waals surface area (Å²) in [5.41, 5.74) is 4.52. The van der Waals surface area contributed by atoms with Gasteiger partial charge in [0.25, 0.3) is 0 Å². The Morgan fingerprint density at radius 2 is 1.70 bits per heavy atom. The highest BCUT2D eigenvalue weighted by Crippen LogP contribution is 2.30. The van der Waals surface area contributed by atoms with Gasteiger partial charge >= 0.3 is 5.97 Å². The van der Waals surface area contributed by atoms with Gasteiger partial charge < -0.3 is 9.57 Å². The Kier molecular flexibility index (Phi) is 5.52. The lowest BCUT2D eigenvalue weighted by Crippen LogP contribution is -2.01. The maximum absolute atomic E-state index is 11.5. The van der Waals surface area contributed by atoms with Gasteiger partial charge in [0.15, 0.2) is 0 Å². The third kappa shape index (κ3) is 4.19.